The maximum Gasteiger partial charge on any atom is 0.0995 e. The van der Waals surface area contributed by atoms with E-state index in [1.54, 1.807) is 18.2 Å². The van der Waals surface area contributed by atoms with Crippen molar-refractivity contribution in [2.75, 3.05) is 0 Å². The van der Waals surface area contributed by atoms with Crippen LogP contribution in [0.15, 0.2) is 24.3 Å². The van der Waals surface area contributed by atoms with Crippen molar-refractivity contribution in [1.82, 2.24) is 0 Å². The van der Waals surface area contributed by atoms with Crippen molar-refractivity contribution in [2.45, 2.75) is 32.9 Å². The van der Waals surface area contributed by atoms with Crippen LogP contribution in [0.5, 0.6) is 0 Å². The van der Waals surface area contributed by atoms with Crippen LogP contribution in [0.1, 0.15) is 37.9 Å². The Balaban J connectivity index is 3.06. The molecule has 2 atom stereocenters. The molecule has 0 aliphatic heterocycles. The minimum atomic E-state index is -0.679. The molecule has 0 radical (unpaired) electrons. The number of aliphatic hydroxyl groups excluding tert-OH is 1. The van der Waals surface area contributed by atoms with Crippen molar-refractivity contribution in [3.8, 4) is 6.07 Å². The topological polar surface area (TPSA) is 70.0 Å². The van der Waals surface area contributed by atoms with E-state index in [4.69, 9.17) is 11.0 Å². The fourth-order valence-electron chi connectivity index (χ4n) is 1.60. The van der Waals surface area contributed by atoms with E-state index >= 15 is 0 Å². The molecule has 0 aliphatic rings. The molecule has 0 amide bonds. The summed E-state index contributed by atoms with van der Waals surface area (Å²) in [5, 5.41) is 19.1. The molecule has 16 heavy (non-hydrogen) atoms. The van der Waals surface area contributed by atoms with Gasteiger partial charge in [-0.05, 0) is 17.0 Å². The number of benzene rings is 1. The first-order valence-electron chi connectivity index (χ1n) is 5.30. The number of rotatable bonds is 2. The van der Waals surface area contributed by atoms with Crippen molar-refractivity contribution >= 4 is 0 Å². The maximum atomic E-state index is 10.1. The fraction of sp³-hybridized carbons (Fsp3) is 0.462. The minimum Gasteiger partial charge on any atom is -0.391 e. The molecule has 3 N–H and O–H groups in total. The Kier molecular flexibility index (Phi) is 3.69. The lowest BCUT2D eigenvalue weighted by atomic mass is 9.81. The first-order chi connectivity index (χ1) is 7.38. The average Bonchev–Trinajstić information content (AvgIpc) is 2.25. The predicted octanol–water partition coefficient (Wildman–Crippen LogP) is 1.97. The third-order valence-corrected chi connectivity index (χ3v) is 2.67. The van der Waals surface area contributed by atoms with E-state index in [1.807, 2.05) is 26.8 Å². The summed E-state index contributed by atoms with van der Waals surface area (Å²) < 4.78 is 0. The number of hydrogen-bond donors (Lipinski definition) is 2. The molecule has 0 aliphatic carbocycles. The quantitative estimate of drug-likeness (QED) is 0.797. The van der Waals surface area contributed by atoms with Crippen molar-refractivity contribution in [2.24, 2.45) is 11.1 Å². The first-order valence-corrected chi connectivity index (χ1v) is 5.30. The van der Waals surface area contributed by atoms with Gasteiger partial charge in [0, 0.05) is 0 Å². The summed E-state index contributed by atoms with van der Waals surface area (Å²) in [4.78, 5) is 0. The summed E-state index contributed by atoms with van der Waals surface area (Å²) in [7, 11) is 0. The lowest BCUT2D eigenvalue weighted by molar-refractivity contribution is 0.0400. The number of hydrogen-bond acceptors (Lipinski definition) is 3. The van der Waals surface area contributed by atoms with Crippen LogP contribution in [0.4, 0.5) is 0 Å². The Morgan fingerprint density at radius 2 is 1.88 bits per heavy atom. The van der Waals surface area contributed by atoms with Crippen LogP contribution in [0.2, 0.25) is 0 Å². The molecule has 0 unspecified atom stereocenters. The summed E-state index contributed by atoms with van der Waals surface area (Å²) in [6.45, 7) is 5.77. The van der Waals surface area contributed by atoms with Crippen molar-refractivity contribution in [3.05, 3.63) is 35.4 Å². The zero-order chi connectivity index (χ0) is 12.3. The zero-order valence-corrected chi connectivity index (χ0v) is 9.94. The standard InChI is InChI=1S/C13H18N2O/c1-13(2,3)12(16)11(15)10-7-5-4-6-9(10)8-14/h4-7,11-12,16H,15H2,1-3H3/t11-,12-/m0/s1. The molecule has 0 spiro atoms. The van der Waals surface area contributed by atoms with Gasteiger partial charge in [-0.1, -0.05) is 39.0 Å². The van der Waals surface area contributed by atoms with Crippen LogP contribution in [0, 0.1) is 16.7 Å². The van der Waals surface area contributed by atoms with E-state index in [-0.39, 0.29) is 5.41 Å². The van der Waals surface area contributed by atoms with Gasteiger partial charge in [0.1, 0.15) is 0 Å². The van der Waals surface area contributed by atoms with Crippen LogP contribution < -0.4 is 5.73 Å². The normalized spacial score (nSPS) is 15.2. The van der Waals surface area contributed by atoms with Gasteiger partial charge in [-0.15, -0.1) is 0 Å². The number of nitrogens with two attached hydrogens (primary N) is 1. The molecule has 1 aromatic rings. The van der Waals surface area contributed by atoms with Crippen LogP contribution in [-0.4, -0.2) is 11.2 Å². The van der Waals surface area contributed by atoms with Crippen LogP contribution in [0.25, 0.3) is 0 Å². The molecule has 3 nitrogen and oxygen atoms in total. The second kappa shape index (κ2) is 4.65. The van der Waals surface area contributed by atoms with Gasteiger partial charge in [-0.25, -0.2) is 0 Å². The van der Waals surface area contributed by atoms with E-state index in [0.717, 1.165) is 0 Å². The summed E-state index contributed by atoms with van der Waals surface area (Å²) in [6, 6.07) is 8.68. The van der Waals surface area contributed by atoms with Gasteiger partial charge < -0.3 is 10.8 Å². The Morgan fingerprint density at radius 1 is 1.31 bits per heavy atom. The molecule has 0 aromatic heterocycles. The number of nitrogens with zero attached hydrogens (tertiary/aromatic N) is 1. The second-order valence-corrected chi connectivity index (χ2v) is 5.04. The van der Waals surface area contributed by atoms with E-state index in [9.17, 15) is 5.11 Å². The lowest BCUT2D eigenvalue weighted by Gasteiger charge is -2.31. The van der Waals surface area contributed by atoms with Crippen LogP contribution in [0.3, 0.4) is 0 Å². The zero-order valence-electron chi connectivity index (χ0n) is 9.94. The first kappa shape index (κ1) is 12.7. The van der Waals surface area contributed by atoms with Gasteiger partial charge in [-0.2, -0.15) is 5.26 Å². The highest BCUT2D eigenvalue weighted by Crippen LogP contribution is 2.29. The largest absolute Gasteiger partial charge is 0.391 e. The van der Waals surface area contributed by atoms with Gasteiger partial charge in [-0.3, -0.25) is 0 Å². The minimum absolute atomic E-state index is 0.304. The lowest BCUT2D eigenvalue weighted by Crippen LogP contribution is -2.37. The summed E-state index contributed by atoms with van der Waals surface area (Å²) >= 11 is 0. The Labute approximate surface area is 96.5 Å². The van der Waals surface area contributed by atoms with E-state index in [2.05, 4.69) is 6.07 Å². The Hall–Kier alpha value is -1.37. The predicted molar refractivity (Wildman–Crippen MR) is 63.5 cm³/mol. The third-order valence-electron chi connectivity index (χ3n) is 2.67. The number of aliphatic hydroxyl groups is 1. The van der Waals surface area contributed by atoms with Gasteiger partial charge in [0.25, 0.3) is 0 Å². The van der Waals surface area contributed by atoms with E-state index < -0.39 is 12.1 Å². The van der Waals surface area contributed by atoms with Crippen molar-refractivity contribution in [1.29, 1.82) is 5.26 Å². The van der Waals surface area contributed by atoms with E-state index in [1.165, 1.54) is 0 Å². The molecule has 0 heterocycles. The highest BCUT2D eigenvalue weighted by molar-refractivity contribution is 5.39. The fourth-order valence-corrected chi connectivity index (χ4v) is 1.60. The Bertz CT molecular complexity index is 401. The maximum absolute atomic E-state index is 10.1. The summed E-state index contributed by atoms with van der Waals surface area (Å²) in [5.74, 6) is 0. The van der Waals surface area contributed by atoms with Crippen molar-refractivity contribution < 1.29 is 5.11 Å². The molecule has 86 valence electrons. The van der Waals surface area contributed by atoms with Crippen LogP contribution >= 0.6 is 0 Å². The van der Waals surface area contributed by atoms with Gasteiger partial charge in [0.2, 0.25) is 0 Å². The molecule has 3 heteroatoms. The SMILES string of the molecule is CC(C)(C)[C@@H](O)[C@@H](N)c1ccccc1C#N. The number of nitriles is 1. The highest BCUT2D eigenvalue weighted by Gasteiger charge is 2.30. The average molecular weight is 218 g/mol. The molecule has 0 saturated carbocycles. The third kappa shape index (κ3) is 2.60. The molecule has 1 rings (SSSR count). The Morgan fingerprint density at radius 3 is 2.38 bits per heavy atom. The van der Waals surface area contributed by atoms with Gasteiger partial charge >= 0.3 is 0 Å². The molecular formula is C13H18N2O. The smallest absolute Gasteiger partial charge is 0.0995 e. The van der Waals surface area contributed by atoms with E-state index in [0.29, 0.717) is 11.1 Å². The molecule has 0 fully saturated rings. The summed E-state index contributed by atoms with van der Waals surface area (Å²) in [5.41, 5.74) is 6.92. The summed E-state index contributed by atoms with van der Waals surface area (Å²) in [6.07, 6.45) is -0.679. The van der Waals surface area contributed by atoms with Gasteiger partial charge in [0.15, 0.2) is 0 Å². The molecule has 1 aromatic carbocycles. The molecule has 0 bridgehead atoms. The second-order valence-electron chi connectivity index (χ2n) is 5.04. The van der Waals surface area contributed by atoms with Crippen LogP contribution in [-0.2, 0) is 0 Å². The van der Waals surface area contributed by atoms with Crippen molar-refractivity contribution in [3.63, 3.8) is 0 Å². The monoisotopic (exact) mass is 218 g/mol. The molecular weight excluding hydrogens is 200 g/mol. The molecule has 0 saturated heterocycles. The van der Waals surface area contributed by atoms with Gasteiger partial charge in [0.05, 0.1) is 23.8 Å². The highest BCUT2D eigenvalue weighted by atomic mass is 16.3.